The van der Waals surface area contributed by atoms with Gasteiger partial charge in [-0.05, 0) is 42.5 Å². The molecule has 0 fully saturated rings. The Morgan fingerprint density at radius 1 is 1.10 bits per heavy atom. The van der Waals surface area contributed by atoms with Gasteiger partial charge < -0.3 is 15.1 Å². The van der Waals surface area contributed by atoms with Gasteiger partial charge in [-0.25, -0.2) is 13.4 Å². The van der Waals surface area contributed by atoms with Crippen LogP contribution >= 0.6 is 11.7 Å². The highest BCUT2D eigenvalue weighted by atomic mass is 32.2. The lowest BCUT2D eigenvalue weighted by Gasteiger charge is -2.24. The summed E-state index contributed by atoms with van der Waals surface area (Å²) in [4.78, 5) is 6.25. The van der Waals surface area contributed by atoms with E-state index in [9.17, 15) is 8.42 Å². The Morgan fingerprint density at radius 3 is 2.76 bits per heavy atom. The zero-order valence-electron chi connectivity index (χ0n) is 14.8. The molecule has 29 heavy (non-hydrogen) atoms. The largest absolute Gasteiger partial charge is 0.446 e. The maximum atomic E-state index is 12.8. The molecule has 0 unspecified atom stereocenters. The Kier molecular flexibility index (Phi) is 4.00. The van der Waals surface area contributed by atoms with Crippen LogP contribution in [0.15, 0.2) is 69.1 Å². The van der Waals surface area contributed by atoms with Crippen molar-refractivity contribution in [2.45, 2.75) is 4.90 Å². The van der Waals surface area contributed by atoms with Crippen LogP contribution in [0.2, 0.25) is 0 Å². The van der Waals surface area contributed by atoms with E-state index in [0.29, 0.717) is 34.8 Å². The second-order valence-electron chi connectivity index (χ2n) is 6.29. The fourth-order valence-corrected chi connectivity index (χ4v) is 4.94. The SMILES string of the molecule is NC1=c2ccoc2=NCN1c1ccc(NS(=O)(=O)c2cccc3nsnc23)cc1. The average Bonchev–Trinajstić information content (AvgIpc) is 3.38. The van der Waals surface area contributed by atoms with E-state index < -0.39 is 10.0 Å². The minimum atomic E-state index is -3.81. The van der Waals surface area contributed by atoms with E-state index in [1.165, 1.54) is 6.07 Å². The van der Waals surface area contributed by atoms with Crippen LogP contribution < -0.4 is 26.1 Å². The van der Waals surface area contributed by atoms with Crippen molar-refractivity contribution in [3.8, 4) is 0 Å². The third-order valence-corrected chi connectivity index (χ3v) is 6.49. The molecule has 146 valence electrons. The van der Waals surface area contributed by atoms with Crippen molar-refractivity contribution in [3.63, 3.8) is 0 Å². The Hall–Kier alpha value is -3.44. The van der Waals surface area contributed by atoms with Gasteiger partial charge in [-0.2, -0.15) is 8.75 Å². The third kappa shape index (κ3) is 3.00. The number of sulfonamides is 1. The van der Waals surface area contributed by atoms with Crippen LogP contribution in [0.3, 0.4) is 0 Å². The molecule has 4 aromatic rings. The molecule has 3 heterocycles. The van der Waals surface area contributed by atoms with Crippen LogP contribution in [0, 0.1) is 0 Å². The monoisotopic (exact) mass is 426 g/mol. The summed E-state index contributed by atoms with van der Waals surface area (Å²) >= 11 is 0.976. The van der Waals surface area contributed by atoms with Crippen LogP contribution in [0.5, 0.6) is 0 Å². The number of rotatable bonds is 4. The third-order valence-electron chi connectivity index (χ3n) is 4.54. The first kappa shape index (κ1) is 17.6. The molecule has 9 nitrogen and oxygen atoms in total. The fourth-order valence-electron chi connectivity index (χ4n) is 3.11. The van der Waals surface area contributed by atoms with Crippen molar-refractivity contribution in [2.24, 2.45) is 10.7 Å². The van der Waals surface area contributed by atoms with Crippen molar-refractivity contribution in [1.82, 2.24) is 8.75 Å². The molecule has 0 spiro atoms. The van der Waals surface area contributed by atoms with Crippen LogP contribution in [0.1, 0.15) is 0 Å². The van der Waals surface area contributed by atoms with Gasteiger partial charge >= 0.3 is 0 Å². The number of hydrogen-bond donors (Lipinski definition) is 2. The highest BCUT2D eigenvalue weighted by Gasteiger charge is 2.20. The van der Waals surface area contributed by atoms with Gasteiger partial charge in [0, 0.05) is 11.4 Å². The first-order valence-electron chi connectivity index (χ1n) is 8.52. The summed E-state index contributed by atoms with van der Waals surface area (Å²) in [5.41, 5.74) is 8.84. The van der Waals surface area contributed by atoms with Gasteiger partial charge in [0.15, 0.2) is 0 Å². The van der Waals surface area contributed by atoms with Crippen LogP contribution in [-0.2, 0) is 10.0 Å². The van der Waals surface area contributed by atoms with Crippen LogP contribution in [0.25, 0.3) is 16.9 Å². The average molecular weight is 426 g/mol. The number of hydrogen-bond acceptors (Lipinski definition) is 9. The highest BCUT2D eigenvalue weighted by Crippen LogP contribution is 2.25. The summed E-state index contributed by atoms with van der Waals surface area (Å²) in [5, 5.41) is 0.728. The Morgan fingerprint density at radius 2 is 1.93 bits per heavy atom. The molecule has 0 saturated carbocycles. The lowest BCUT2D eigenvalue weighted by molar-refractivity contribution is 0.500. The molecule has 1 aliphatic heterocycles. The van der Waals surface area contributed by atoms with Gasteiger partial charge in [-0.3, -0.25) is 4.72 Å². The number of aromatic nitrogens is 2. The van der Waals surface area contributed by atoms with Crippen LogP contribution in [-0.4, -0.2) is 23.8 Å². The van der Waals surface area contributed by atoms with E-state index in [2.05, 4.69) is 18.5 Å². The molecular formula is C18H14N6O3S2. The number of fused-ring (bicyclic) bond motifs is 2. The molecule has 11 heteroatoms. The van der Waals surface area contributed by atoms with Crippen molar-refractivity contribution in [1.29, 1.82) is 0 Å². The molecule has 1 aliphatic rings. The Balaban J connectivity index is 1.43. The summed E-state index contributed by atoms with van der Waals surface area (Å²) in [6.07, 6.45) is 1.54. The summed E-state index contributed by atoms with van der Waals surface area (Å²) in [5.74, 6) is 0.528. The zero-order chi connectivity index (χ0) is 20.0. The van der Waals surface area contributed by atoms with Gasteiger partial charge in [0.2, 0.25) is 5.55 Å². The molecule has 0 amide bonds. The van der Waals surface area contributed by atoms with E-state index in [1.54, 1.807) is 48.7 Å². The van der Waals surface area contributed by atoms with E-state index in [4.69, 9.17) is 10.2 Å². The normalized spacial score (nSPS) is 13.9. The van der Waals surface area contributed by atoms with Gasteiger partial charge in [0.1, 0.15) is 28.4 Å². The highest BCUT2D eigenvalue weighted by molar-refractivity contribution is 7.93. The number of anilines is 2. The zero-order valence-corrected chi connectivity index (χ0v) is 16.4. The number of benzene rings is 2. The molecule has 3 N–H and O–H groups in total. The first-order chi connectivity index (χ1) is 14.0. The predicted octanol–water partition coefficient (Wildman–Crippen LogP) is 1.21. The van der Waals surface area contributed by atoms with Crippen molar-refractivity contribution in [3.05, 3.63) is 65.6 Å². The first-order valence-corrected chi connectivity index (χ1v) is 10.7. The Labute approximate surface area is 169 Å². The minimum Gasteiger partial charge on any atom is -0.446 e. The van der Waals surface area contributed by atoms with Crippen molar-refractivity contribution in [2.75, 3.05) is 16.3 Å². The maximum absolute atomic E-state index is 12.8. The summed E-state index contributed by atoms with van der Waals surface area (Å²) in [7, 11) is -3.81. The lowest BCUT2D eigenvalue weighted by Crippen LogP contribution is -2.42. The number of nitrogens with two attached hydrogens (primary N) is 1. The second kappa shape index (κ2) is 6.57. The summed E-state index contributed by atoms with van der Waals surface area (Å²) in [6, 6.07) is 13.5. The van der Waals surface area contributed by atoms with Crippen molar-refractivity contribution < 1.29 is 12.8 Å². The molecule has 0 aliphatic carbocycles. The molecule has 5 rings (SSSR count). The number of nitrogens with one attached hydrogen (secondary N) is 1. The maximum Gasteiger partial charge on any atom is 0.264 e. The van der Waals surface area contributed by atoms with Crippen molar-refractivity contribution >= 4 is 50.0 Å². The Bertz CT molecular complexity index is 1440. The van der Waals surface area contributed by atoms with Crippen LogP contribution in [0.4, 0.5) is 11.4 Å². The summed E-state index contributed by atoms with van der Waals surface area (Å²) < 4.78 is 41.7. The lowest BCUT2D eigenvalue weighted by atomic mass is 10.2. The van der Waals surface area contributed by atoms with Gasteiger partial charge in [0.25, 0.3) is 10.0 Å². The fraction of sp³-hybridized carbons (Fsp3) is 0.0556. The van der Waals surface area contributed by atoms with E-state index >= 15 is 0 Å². The molecule has 2 aromatic carbocycles. The number of nitrogens with zero attached hydrogens (tertiary/aromatic N) is 4. The second-order valence-corrected chi connectivity index (χ2v) is 8.47. The van der Waals surface area contributed by atoms with E-state index in [0.717, 1.165) is 22.6 Å². The van der Waals surface area contributed by atoms with E-state index in [-0.39, 0.29) is 4.90 Å². The topological polar surface area (TPSA) is 127 Å². The van der Waals surface area contributed by atoms with Gasteiger partial charge in [0.05, 0.1) is 23.2 Å². The summed E-state index contributed by atoms with van der Waals surface area (Å²) in [6.45, 7) is 0.316. The molecule has 2 aromatic heterocycles. The smallest absolute Gasteiger partial charge is 0.264 e. The minimum absolute atomic E-state index is 0.0905. The van der Waals surface area contributed by atoms with Gasteiger partial charge in [-0.15, -0.1) is 0 Å². The predicted molar refractivity (Wildman–Crippen MR) is 109 cm³/mol. The quantitative estimate of drug-likeness (QED) is 0.502. The molecule has 0 atom stereocenters. The molecule has 0 bridgehead atoms. The molecular weight excluding hydrogens is 412 g/mol. The number of furan rings is 1. The van der Waals surface area contributed by atoms with E-state index in [1.807, 2.05) is 4.90 Å². The standard InChI is InChI=1S/C18H14N6O3S2/c19-17-13-8-9-27-18(13)20-10-24(17)12-6-4-11(5-7-12)23-29(25,26)15-3-1-2-14-16(15)22-28-21-14/h1-9,23H,10,19H2. The molecule has 0 saturated heterocycles. The van der Waals surface area contributed by atoms with Gasteiger partial charge in [-0.1, -0.05) is 6.07 Å². The molecule has 0 radical (unpaired) electrons.